The van der Waals surface area contributed by atoms with E-state index in [0.29, 0.717) is 0 Å². The van der Waals surface area contributed by atoms with Crippen molar-refractivity contribution in [2.45, 2.75) is 0 Å². The third-order valence-corrected chi connectivity index (χ3v) is 6.02. The minimum Gasteiger partial charge on any atom is -0.466 e. The molecular weight excluding hydrogens is 271 g/mol. The first-order valence-electron chi connectivity index (χ1n) is 6.28. The summed E-state index contributed by atoms with van der Waals surface area (Å²) in [5, 5.41) is 12.8. The smallest absolute Gasteiger partial charge is 0.326 e. The zero-order valence-corrected chi connectivity index (χ0v) is 12.1. The second-order valence-corrected chi connectivity index (χ2v) is 7.20. The molecule has 0 atom stereocenters. The zero-order chi connectivity index (χ0) is 14.4. The van der Waals surface area contributed by atoms with Crippen LogP contribution in [-0.2, 0) is 14.4 Å². The average molecular weight is 287 g/mol. The highest BCUT2D eigenvalue weighted by molar-refractivity contribution is 7.78. The summed E-state index contributed by atoms with van der Waals surface area (Å²) in [6, 6.07) is 18.5. The molecule has 0 aliphatic carbocycles. The number of ether oxygens (including phenoxy) is 1. The van der Waals surface area contributed by atoms with E-state index in [1.165, 1.54) is 13.2 Å². The van der Waals surface area contributed by atoms with Gasteiger partial charge < -0.3 is 9.30 Å². The molecule has 0 unspecified atom stereocenters. The molecule has 0 saturated carbocycles. The van der Waals surface area contributed by atoms with Gasteiger partial charge in [0, 0.05) is 22.8 Å². The molecule has 2 aromatic rings. The van der Waals surface area contributed by atoms with Crippen LogP contribution in [0.15, 0.2) is 72.7 Å². The van der Waals surface area contributed by atoms with Gasteiger partial charge in [-0.1, -0.05) is 60.7 Å². The summed E-state index contributed by atoms with van der Waals surface area (Å²) in [4.78, 5) is 0. The Hall–Kier alpha value is -1.99. The van der Waals surface area contributed by atoms with Crippen molar-refractivity contribution >= 4 is 17.8 Å². The Morgan fingerprint density at radius 1 is 1.00 bits per heavy atom. The average Bonchev–Trinajstić information content (AvgIpc) is 2.54. The van der Waals surface area contributed by atoms with E-state index in [2.05, 4.69) is 4.74 Å². The van der Waals surface area contributed by atoms with Gasteiger partial charge in [0.05, 0.1) is 7.11 Å². The van der Waals surface area contributed by atoms with E-state index in [1.807, 2.05) is 60.7 Å². The Morgan fingerprint density at radius 2 is 1.45 bits per heavy atom. The maximum absolute atomic E-state index is 13.4. The van der Waals surface area contributed by atoms with Crippen LogP contribution >= 0.6 is 7.14 Å². The van der Waals surface area contributed by atoms with Gasteiger partial charge >= 0.3 is 5.95 Å². The minimum absolute atomic E-state index is 0.160. The molecule has 0 heterocycles. The molecule has 103 valence electrons. The number of methoxy groups -OCH3 is 1. The lowest BCUT2D eigenvalue weighted by Crippen LogP contribution is -2.17. The number of allylic oxidation sites excluding steroid dienone is 1. The van der Waals surface area contributed by atoms with Gasteiger partial charge in [-0.25, -0.2) is 5.11 Å². The Labute approximate surface area is 118 Å². The molecule has 1 radical (unpaired) electrons. The third kappa shape index (κ3) is 3.12. The van der Waals surface area contributed by atoms with Crippen molar-refractivity contribution in [1.82, 2.24) is 0 Å². The van der Waals surface area contributed by atoms with E-state index in [-0.39, 0.29) is 6.16 Å². The first kappa shape index (κ1) is 14.4. The van der Waals surface area contributed by atoms with E-state index in [1.54, 1.807) is 0 Å². The van der Waals surface area contributed by atoms with E-state index >= 15 is 0 Å². The standard InChI is InChI=1S/C16H16O3P/c1-19-16(17)12-13-20(18,14-8-4-2-5-9-14)15-10-6-3-7-11-15/h2-12H,13H2,1H3. The fourth-order valence-electron chi connectivity index (χ4n) is 1.98. The van der Waals surface area contributed by atoms with Crippen LogP contribution in [0.25, 0.3) is 0 Å². The zero-order valence-electron chi connectivity index (χ0n) is 11.2. The molecule has 0 fully saturated rings. The van der Waals surface area contributed by atoms with Crippen LogP contribution in [0.3, 0.4) is 0 Å². The fraction of sp³-hybridized carbons (Fsp3) is 0.125. The Balaban J connectivity index is 2.47. The van der Waals surface area contributed by atoms with Crippen molar-refractivity contribution < 1.29 is 14.4 Å². The maximum atomic E-state index is 13.4. The van der Waals surface area contributed by atoms with Gasteiger partial charge in [0.25, 0.3) is 0 Å². The predicted molar refractivity (Wildman–Crippen MR) is 80.4 cm³/mol. The van der Waals surface area contributed by atoms with Crippen molar-refractivity contribution in [1.29, 1.82) is 0 Å². The lowest BCUT2D eigenvalue weighted by atomic mass is 10.4. The third-order valence-electron chi connectivity index (χ3n) is 3.06. The van der Waals surface area contributed by atoms with Crippen molar-refractivity contribution in [2.24, 2.45) is 0 Å². The molecule has 0 amide bonds. The van der Waals surface area contributed by atoms with Crippen LogP contribution in [0.4, 0.5) is 0 Å². The molecular formula is C16H16O3P. The van der Waals surface area contributed by atoms with Crippen molar-refractivity contribution in [3.05, 3.63) is 72.7 Å². The predicted octanol–water partition coefficient (Wildman–Crippen LogP) is 2.92. The lowest BCUT2D eigenvalue weighted by Gasteiger charge is -2.17. The highest BCUT2D eigenvalue weighted by atomic mass is 31.2. The number of hydrogen-bond acceptors (Lipinski definition) is 2. The number of rotatable bonds is 5. The summed E-state index contributed by atoms with van der Waals surface area (Å²) in [5.41, 5.74) is 0. The molecule has 0 aliphatic heterocycles. The molecule has 0 saturated heterocycles. The summed E-state index contributed by atoms with van der Waals surface area (Å²) in [6.45, 7) is 0. The second-order valence-electron chi connectivity index (χ2n) is 4.32. The van der Waals surface area contributed by atoms with Gasteiger partial charge in [-0.2, -0.15) is 0 Å². The SMILES string of the molecule is COC([O])=CCP(=O)(c1ccccc1)c1ccccc1. The first-order valence-corrected chi connectivity index (χ1v) is 8.17. The summed E-state index contributed by atoms with van der Waals surface area (Å²) < 4.78 is 18.0. The summed E-state index contributed by atoms with van der Waals surface area (Å²) in [6.07, 6.45) is 1.51. The van der Waals surface area contributed by atoms with Gasteiger partial charge in [-0.3, -0.25) is 0 Å². The minimum atomic E-state index is -2.85. The number of benzene rings is 2. The normalized spacial score (nSPS) is 12.2. The second kappa shape index (κ2) is 6.44. The van der Waals surface area contributed by atoms with Crippen molar-refractivity contribution in [3.8, 4) is 0 Å². The molecule has 2 rings (SSSR count). The van der Waals surface area contributed by atoms with Gasteiger partial charge in [-0.05, 0) is 0 Å². The highest BCUT2D eigenvalue weighted by Crippen LogP contribution is 2.43. The van der Waals surface area contributed by atoms with E-state index < -0.39 is 13.1 Å². The van der Waals surface area contributed by atoms with Crippen LogP contribution in [0.1, 0.15) is 0 Å². The molecule has 4 heteroatoms. The number of hydrogen-bond donors (Lipinski definition) is 0. The Morgan fingerprint density at radius 3 is 1.85 bits per heavy atom. The molecule has 0 N–H and O–H groups in total. The largest absolute Gasteiger partial charge is 0.466 e. The van der Waals surface area contributed by atoms with E-state index in [9.17, 15) is 9.67 Å². The van der Waals surface area contributed by atoms with Crippen molar-refractivity contribution in [3.63, 3.8) is 0 Å². The summed E-state index contributed by atoms with van der Waals surface area (Å²) in [7, 11) is -1.53. The topological polar surface area (TPSA) is 46.2 Å². The summed E-state index contributed by atoms with van der Waals surface area (Å²) >= 11 is 0. The molecule has 0 spiro atoms. The molecule has 3 nitrogen and oxygen atoms in total. The summed E-state index contributed by atoms with van der Waals surface area (Å²) in [5.74, 6) is -0.461. The Kier molecular flexibility index (Phi) is 4.65. The van der Waals surface area contributed by atoms with Crippen LogP contribution in [0.5, 0.6) is 0 Å². The fourth-order valence-corrected chi connectivity index (χ4v) is 4.42. The van der Waals surface area contributed by atoms with Crippen molar-refractivity contribution in [2.75, 3.05) is 13.3 Å². The van der Waals surface area contributed by atoms with Gasteiger partial charge in [-0.15, -0.1) is 0 Å². The van der Waals surface area contributed by atoms with E-state index in [4.69, 9.17) is 0 Å². The van der Waals surface area contributed by atoms with Crippen LogP contribution < -0.4 is 10.6 Å². The molecule has 0 aromatic heterocycles. The molecule has 2 aromatic carbocycles. The van der Waals surface area contributed by atoms with E-state index in [0.717, 1.165) is 10.6 Å². The van der Waals surface area contributed by atoms with Crippen LogP contribution in [0.2, 0.25) is 0 Å². The van der Waals surface area contributed by atoms with Crippen LogP contribution in [-0.4, -0.2) is 13.3 Å². The van der Waals surface area contributed by atoms with Crippen LogP contribution in [0, 0.1) is 0 Å². The van der Waals surface area contributed by atoms with Gasteiger partial charge in [0.15, 0.2) is 0 Å². The first-order chi connectivity index (χ1) is 9.66. The lowest BCUT2D eigenvalue weighted by molar-refractivity contribution is 0.0859. The van der Waals surface area contributed by atoms with Gasteiger partial charge in [0.1, 0.15) is 7.14 Å². The molecule has 0 bridgehead atoms. The molecule has 0 aliphatic rings. The highest BCUT2D eigenvalue weighted by Gasteiger charge is 2.26. The monoisotopic (exact) mass is 287 g/mol. The molecule has 20 heavy (non-hydrogen) atoms. The Bertz CT molecular complexity index is 577. The van der Waals surface area contributed by atoms with Gasteiger partial charge in [0.2, 0.25) is 0 Å². The quantitative estimate of drug-likeness (QED) is 0.627. The maximum Gasteiger partial charge on any atom is 0.326 e.